The Labute approximate surface area is 295 Å². The van der Waals surface area contributed by atoms with E-state index < -0.39 is 211 Å². The Bertz CT molecular complexity index is 3750. The molecule has 9 aromatic rings. The van der Waals surface area contributed by atoms with Gasteiger partial charge in [0.05, 0.1) is 32.9 Å². The predicted octanol–water partition coefficient (Wildman–Crippen LogP) is 12.6. The van der Waals surface area contributed by atoms with Gasteiger partial charge in [-0.1, -0.05) is 145 Å². The minimum atomic E-state index is -0.931. The molecule has 0 aliphatic rings. The fourth-order valence-corrected chi connectivity index (χ4v) is 5.55. The first kappa shape index (κ1) is 11.2. The van der Waals surface area contributed by atoms with Crippen molar-refractivity contribution < 1.29 is 37.3 Å². The fraction of sp³-hybridized carbons (Fsp3) is 0. The summed E-state index contributed by atoms with van der Waals surface area (Å²) < 4.78 is 219. The molecule has 0 aliphatic carbocycles. The Morgan fingerprint density at radius 1 is 0.400 bits per heavy atom. The van der Waals surface area contributed by atoms with E-state index in [1.807, 2.05) is 0 Å². The van der Waals surface area contributed by atoms with Crippen LogP contribution in [0.5, 0.6) is 0 Å². The van der Waals surface area contributed by atoms with Crippen molar-refractivity contribution in [3.05, 3.63) is 169 Å². The monoisotopic (exact) mass is 596 g/mol. The van der Waals surface area contributed by atoms with Crippen molar-refractivity contribution in [3.63, 3.8) is 0 Å². The summed E-state index contributed by atoms with van der Waals surface area (Å²) >= 11 is 0. The lowest BCUT2D eigenvalue weighted by Crippen LogP contribution is -1.92. The summed E-state index contributed by atoms with van der Waals surface area (Å²) in [6.07, 6.45) is 0. The lowest BCUT2D eigenvalue weighted by Gasteiger charge is -2.19. The number of para-hydroxylation sites is 1. The molecule has 0 saturated carbocycles. The van der Waals surface area contributed by atoms with Crippen LogP contribution in [0.25, 0.3) is 88.0 Å². The van der Waals surface area contributed by atoms with Crippen LogP contribution in [0.15, 0.2) is 174 Å². The van der Waals surface area contributed by atoms with E-state index in [1.165, 1.54) is 24.3 Å². The molecular formula is C44H28O. The highest BCUT2D eigenvalue weighted by Crippen LogP contribution is 2.48. The topological polar surface area (TPSA) is 13.1 Å². The Morgan fingerprint density at radius 2 is 0.911 bits per heavy atom. The Hall–Kier alpha value is -5.92. The molecular weight excluding hydrogens is 544 g/mol. The smallest absolute Gasteiger partial charge is 0.136 e. The van der Waals surface area contributed by atoms with Gasteiger partial charge in [0.25, 0.3) is 0 Å². The van der Waals surface area contributed by atoms with Gasteiger partial charge in [-0.2, -0.15) is 0 Å². The third kappa shape index (κ3) is 4.17. The van der Waals surface area contributed by atoms with Gasteiger partial charge in [-0.15, -0.1) is 0 Å². The summed E-state index contributed by atoms with van der Waals surface area (Å²) in [5.74, 6) is 0. The molecule has 8 aromatic carbocycles. The zero-order valence-electron chi connectivity index (χ0n) is 46.7. The van der Waals surface area contributed by atoms with E-state index in [4.69, 9.17) is 29.1 Å². The first-order valence-electron chi connectivity index (χ1n) is 25.5. The Morgan fingerprint density at radius 3 is 1.56 bits per heavy atom. The van der Waals surface area contributed by atoms with Crippen molar-refractivity contribution in [1.82, 2.24) is 0 Å². The van der Waals surface area contributed by atoms with Gasteiger partial charge in [-0.3, -0.25) is 0 Å². The molecule has 45 heavy (non-hydrogen) atoms. The molecule has 9 rings (SSSR count). The molecule has 1 heteroatoms. The summed E-state index contributed by atoms with van der Waals surface area (Å²) in [7, 11) is 0. The molecule has 0 fully saturated rings. The van der Waals surface area contributed by atoms with Crippen LogP contribution in [0.4, 0.5) is 0 Å². The van der Waals surface area contributed by atoms with E-state index >= 15 is 0 Å². The molecule has 1 heterocycles. The molecule has 1 nitrogen and oxygen atoms in total. The fourth-order valence-electron chi connectivity index (χ4n) is 5.55. The highest BCUT2D eigenvalue weighted by Gasteiger charge is 2.21. The van der Waals surface area contributed by atoms with E-state index in [9.17, 15) is 8.22 Å². The standard InChI is InChI=1S/C44H28O/c1-3-14-29(15-4-1)31-18-13-19-32(26-31)42-34-20-7-9-22-36(34)43(37-23-10-8-21-35(37)42)39-27-33(30-16-5-2-6-17-30)28-41-44(39)38-24-11-12-25-40(38)45-41/h1-28H/i1D,2D,3D,4D,5D,6D,7D,8D,9D,10D,11D,12D,14D,15D,16D,17D,20D,21D,22D,23D,24D,25D,27D,28D. The van der Waals surface area contributed by atoms with E-state index in [0.29, 0.717) is 0 Å². The number of rotatable bonds is 4. The minimum Gasteiger partial charge on any atom is -0.456 e. The SMILES string of the molecule is [2H]c1c([2H])c([2H])c(-c2cccc(-c3c4c([2H])c([2H])c([2H])c([2H])c4c(-c4c([2H])c(-c5c([2H])c([2H])c([2H])c([2H])c5[2H])c([2H])c5oc6c([2H])c([2H])c([2H])c([2H])c6c45)c4c([2H])c([2H])c([2H])c([2H])c34)c2)c([2H])c1[2H]. The van der Waals surface area contributed by atoms with Gasteiger partial charge in [0, 0.05) is 10.8 Å². The maximum absolute atomic E-state index is 10.0. The van der Waals surface area contributed by atoms with Gasteiger partial charge < -0.3 is 4.42 Å². The van der Waals surface area contributed by atoms with Crippen LogP contribution in [-0.4, -0.2) is 0 Å². The molecule has 0 radical (unpaired) electrons. The lowest BCUT2D eigenvalue weighted by molar-refractivity contribution is 0.669. The third-order valence-corrected chi connectivity index (χ3v) is 7.39. The third-order valence-electron chi connectivity index (χ3n) is 7.39. The molecule has 0 spiro atoms. The largest absolute Gasteiger partial charge is 0.456 e. The van der Waals surface area contributed by atoms with Crippen LogP contribution in [0, 0.1) is 0 Å². The van der Waals surface area contributed by atoms with Gasteiger partial charge in [0.2, 0.25) is 0 Å². The normalized spacial score (nSPS) is 19.0. The highest BCUT2D eigenvalue weighted by atomic mass is 16.3. The molecule has 0 unspecified atom stereocenters. The molecule has 0 aliphatic heterocycles. The quantitative estimate of drug-likeness (QED) is 0.184. The minimum absolute atomic E-state index is 0.000000409. The molecule has 210 valence electrons. The first-order valence-corrected chi connectivity index (χ1v) is 13.5. The van der Waals surface area contributed by atoms with Crippen molar-refractivity contribution in [2.24, 2.45) is 0 Å². The average Bonchev–Trinajstić information content (AvgIpc) is 3.73. The van der Waals surface area contributed by atoms with Crippen LogP contribution in [0.3, 0.4) is 0 Å². The van der Waals surface area contributed by atoms with Crippen molar-refractivity contribution >= 4 is 43.5 Å². The lowest BCUT2D eigenvalue weighted by atomic mass is 9.83. The van der Waals surface area contributed by atoms with Gasteiger partial charge in [-0.05, 0) is 90.2 Å². The zero-order chi connectivity index (χ0) is 50.6. The van der Waals surface area contributed by atoms with Crippen LogP contribution in [0.1, 0.15) is 32.9 Å². The van der Waals surface area contributed by atoms with E-state index in [1.54, 1.807) is 0 Å². The molecule has 0 atom stereocenters. The highest BCUT2D eigenvalue weighted by molar-refractivity contribution is 6.26. The molecule has 0 N–H and O–H groups in total. The van der Waals surface area contributed by atoms with Crippen molar-refractivity contribution in [2.75, 3.05) is 0 Å². The van der Waals surface area contributed by atoms with Crippen LogP contribution < -0.4 is 0 Å². The van der Waals surface area contributed by atoms with Crippen LogP contribution >= 0.6 is 0 Å². The number of hydrogen-bond donors (Lipinski definition) is 0. The predicted molar refractivity (Wildman–Crippen MR) is 190 cm³/mol. The Balaban J connectivity index is 1.63. The van der Waals surface area contributed by atoms with Crippen LogP contribution in [-0.2, 0) is 0 Å². The van der Waals surface area contributed by atoms with E-state index in [-0.39, 0.29) is 22.3 Å². The maximum Gasteiger partial charge on any atom is 0.136 e. The molecule has 1 aromatic heterocycles. The van der Waals surface area contributed by atoms with Crippen LogP contribution in [0.2, 0.25) is 0 Å². The second-order valence-corrected chi connectivity index (χ2v) is 9.84. The second-order valence-electron chi connectivity index (χ2n) is 9.84. The number of hydrogen-bond acceptors (Lipinski definition) is 1. The Kier molecular flexibility index (Phi) is 2.58. The number of benzene rings is 8. The summed E-state index contributed by atoms with van der Waals surface area (Å²) in [5, 5.41) is -2.95. The summed E-state index contributed by atoms with van der Waals surface area (Å²) in [6.45, 7) is 0. The van der Waals surface area contributed by atoms with Gasteiger partial charge >= 0.3 is 0 Å². The van der Waals surface area contributed by atoms with E-state index in [0.717, 1.165) is 0 Å². The average molecular weight is 597 g/mol. The van der Waals surface area contributed by atoms with Crippen molar-refractivity contribution in [2.45, 2.75) is 0 Å². The number of fused-ring (bicyclic) bond motifs is 5. The summed E-state index contributed by atoms with van der Waals surface area (Å²) in [5.41, 5.74) is -4.49. The molecule has 0 saturated heterocycles. The maximum atomic E-state index is 10.0. The first-order chi connectivity index (χ1) is 32.3. The zero-order valence-corrected chi connectivity index (χ0v) is 22.7. The second kappa shape index (κ2) is 10.4. The van der Waals surface area contributed by atoms with Gasteiger partial charge in [0.1, 0.15) is 11.2 Å². The van der Waals surface area contributed by atoms with Gasteiger partial charge in [0.15, 0.2) is 0 Å². The molecule has 0 bridgehead atoms. The van der Waals surface area contributed by atoms with E-state index in [2.05, 4.69) is 0 Å². The van der Waals surface area contributed by atoms with Crippen molar-refractivity contribution in [3.8, 4) is 44.5 Å². The molecule has 0 amide bonds. The summed E-state index contributed by atoms with van der Waals surface area (Å²) in [6, 6.07) is -13.8. The number of furan rings is 1. The van der Waals surface area contributed by atoms with Gasteiger partial charge in [-0.25, -0.2) is 0 Å². The van der Waals surface area contributed by atoms with Crippen molar-refractivity contribution in [1.29, 1.82) is 0 Å². The summed E-state index contributed by atoms with van der Waals surface area (Å²) in [4.78, 5) is 0.